The second-order valence-corrected chi connectivity index (χ2v) is 6.53. The summed E-state index contributed by atoms with van der Waals surface area (Å²) in [5, 5.41) is 9.21. The molecule has 0 aliphatic heterocycles. The highest BCUT2D eigenvalue weighted by Gasteiger charge is 2.26. The molecule has 1 unspecified atom stereocenters. The third-order valence-electron chi connectivity index (χ3n) is 4.71. The number of benzene rings is 2. The highest BCUT2D eigenvalue weighted by molar-refractivity contribution is 5.51. The largest absolute Gasteiger partial charge is 0.398 e. The monoisotopic (exact) mass is 307 g/mol. The molecule has 1 aliphatic carbocycles. The third kappa shape index (κ3) is 3.98. The van der Waals surface area contributed by atoms with Crippen molar-refractivity contribution in [2.75, 3.05) is 5.73 Å². The lowest BCUT2D eigenvalue weighted by atomic mass is 9.81. The predicted molar refractivity (Wildman–Crippen MR) is 95.9 cm³/mol. The van der Waals surface area contributed by atoms with Gasteiger partial charge in [-0.25, -0.2) is 0 Å². The molecule has 1 aliphatic rings. The van der Waals surface area contributed by atoms with E-state index in [0.717, 1.165) is 16.9 Å². The van der Waals surface area contributed by atoms with Crippen LogP contribution < -0.4 is 5.73 Å². The third-order valence-corrected chi connectivity index (χ3v) is 4.71. The van der Waals surface area contributed by atoms with E-state index >= 15 is 0 Å². The molecule has 0 radical (unpaired) electrons. The first-order valence-electron chi connectivity index (χ1n) is 8.56. The molecule has 2 N–H and O–H groups in total. The van der Waals surface area contributed by atoms with Crippen LogP contribution in [0, 0.1) is 12.8 Å². The van der Waals surface area contributed by atoms with E-state index in [0.29, 0.717) is 5.92 Å². The molecule has 0 heterocycles. The molecule has 0 bridgehead atoms. The summed E-state index contributed by atoms with van der Waals surface area (Å²) in [7, 11) is 0. The Labute approximate surface area is 138 Å². The minimum Gasteiger partial charge on any atom is -0.398 e. The molecule has 0 amide bonds. The lowest BCUT2D eigenvalue weighted by Gasteiger charge is -2.28. The van der Waals surface area contributed by atoms with Crippen LogP contribution in [0.15, 0.2) is 58.8 Å². The fourth-order valence-electron chi connectivity index (χ4n) is 3.45. The van der Waals surface area contributed by atoms with Gasteiger partial charge in [-0.05, 0) is 49.4 Å². The van der Waals surface area contributed by atoms with Crippen molar-refractivity contribution in [3.63, 3.8) is 0 Å². The Hall–Kier alpha value is -2.16. The topological polar surface area (TPSA) is 50.7 Å². The van der Waals surface area contributed by atoms with Crippen LogP contribution in [0.1, 0.15) is 49.3 Å². The van der Waals surface area contributed by atoms with Gasteiger partial charge in [0.25, 0.3) is 0 Å². The SMILES string of the molecule is Cc1ccc(C(N=Nc2ccccc2)C2CCCCC2)c(N)c1. The molecular formula is C20H25N3. The number of nitrogens with two attached hydrogens (primary N) is 1. The van der Waals surface area contributed by atoms with E-state index < -0.39 is 0 Å². The number of nitrogen functional groups attached to an aromatic ring is 1. The Morgan fingerprint density at radius 1 is 1.00 bits per heavy atom. The average molecular weight is 307 g/mol. The maximum atomic E-state index is 6.30. The molecule has 3 nitrogen and oxygen atoms in total. The summed E-state index contributed by atoms with van der Waals surface area (Å²) in [5.41, 5.74) is 10.4. The van der Waals surface area contributed by atoms with Crippen LogP contribution in [0.3, 0.4) is 0 Å². The van der Waals surface area contributed by atoms with E-state index in [4.69, 9.17) is 10.8 Å². The minimum atomic E-state index is 0.0658. The van der Waals surface area contributed by atoms with Crippen LogP contribution in [0.4, 0.5) is 11.4 Å². The molecule has 120 valence electrons. The molecule has 1 saturated carbocycles. The van der Waals surface area contributed by atoms with Crippen molar-refractivity contribution in [2.45, 2.75) is 45.1 Å². The van der Waals surface area contributed by atoms with Crippen LogP contribution in [0.25, 0.3) is 0 Å². The number of anilines is 1. The van der Waals surface area contributed by atoms with Gasteiger partial charge in [-0.1, -0.05) is 49.6 Å². The standard InChI is InChI=1S/C20H25N3/c1-15-12-13-18(19(21)14-15)20(16-8-4-2-5-9-16)23-22-17-10-6-3-7-11-17/h3,6-7,10-14,16,20H,2,4-5,8-9,21H2,1H3. The predicted octanol–water partition coefficient (Wildman–Crippen LogP) is 5.98. The first-order chi connectivity index (χ1) is 11.2. The van der Waals surface area contributed by atoms with E-state index in [1.165, 1.54) is 37.7 Å². The molecule has 2 aromatic carbocycles. The molecule has 0 saturated heterocycles. The maximum Gasteiger partial charge on any atom is 0.101 e. The van der Waals surface area contributed by atoms with Gasteiger partial charge in [0.15, 0.2) is 0 Å². The van der Waals surface area contributed by atoms with E-state index in [9.17, 15) is 0 Å². The highest BCUT2D eigenvalue weighted by Crippen LogP contribution is 2.40. The van der Waals surface area contributed by atoms with Gasteiger partial charge in [0.1, 0.15) is 6.04 Å². The van der Waals surface area contributed by atoms with Crippen LogP contribution in [-0.4, -0.2) is 0 Å². The second kappa shape index (κ2) is 7.40. The van der Waals surface area contributed by atoms with Crippen molar-refractivity contribution in [3.8, 4) is 0 Å². The van der Waals surface area contributed by atoms with Crippen molar-refractivity contribution in [1.82, 2.24) is 0 Å². The summed E-state index contributed by atoms with van der Waals surface area (Å²) in [6.45, 7) is 2.07. The van der Waals surface area contributed by atoms with Gasteiger partial charge in [-0.3, -0.25) is 0 Å². The van der Waals surface area contributed by atoms with Crippen LogP contribution >= 0.6 is 0 Å². The van der Waals surface area contributed by atoms with Crippen molar-refractivity contribution in [3.05, 3.63) is 59.7 Å². The molecule has 3 rings (SSSR count). The van der Waals surface area contributed by atoms with Gasteiger partial charge >= 0.3 is 0 Å². The first-order valence-corrected chi connectivity index (χ1v) is 8.56. The van der Waals surface area contributed by atoms with Gasteiger partial charge < -0.3 is 5.73 Å². The van der Waals surface area contributed by atoms with Crippen LogP contribution in [-0.2, 0) is 0 Å². The number of rotatable bonds is 4. The fraction of sp³-hybridized carbons (Fsp3) is 0.400. The molecule has 3 heteroatoms. The molecule has 1 fully saturated rings. The zero-order valence-electron chi connectivity index (χ0n) is 13.8. The smallest absolute Gasteiger partial charge is 0.101 e. The summed E-state index contributed by atoms with van der Waals surface area (Å²) in [6, 6.07) is 16.3. The van der Waals surface area contributed by atoms with Crippen LogP contribution in [0.2, 0.25) is 0 Å². The summed E-state index contributed by atoms with van der Waals surface area (Å²) < 4.78 is 0. The Balaban J connectivity index is 1.91. The van der Waals surface area contributed by atoms with E-state index in [1.54, 1.807) is 0 Å². The molecule has 2 aromatic rings. The fourth-order valence-corrected chi connectivity index (χ4v) is 3.45. The summed E-state index contributed by atoms with van der Waals surface area (Å²) >= 11 is 0. The zero-order chi connectivity index (χ0) is 16.1. The molecule has 0 spiro atoms. The second-order valence-electron chi connectivity index (χ2n) is 6.53. The minimum absolute atomic E-state index is 0.0658. The average Bonchev–Trinajstić information content (AvgIpc) is 2.58. The lowest BCUT2D eigenvalue weighted by Crippen LogP contribution is -2.16. The Kier molecular flexibility index (Phi) is 5.06. The van der Waals surface area contributed by atoms with E-state index in [2.05, 4.69) is 24.2 Å². The summed E-state index contributed by atoms with van der Waals surface area (Å²) in [6.07, 6.45) is 6.33. The van der Waals surface area contributed by atoms with Crippen LogP contribution in [0.5, 0.6) is 0 Å². The van der Waals surface area contributed by atoms with Gasteiger partial charge in [-0.2, -0.15) is 10.2 Å². The quantitative estimate of drug-likeness (QED) is 0.548. The highest BCUT2D eigenvalue weighted by atomic mass is 15.1. The van der Waals surface area contributed by atoms with E-state index in [1.807, 2.05) is 36.4 Å². The van der Waals surface area contributed by atoms with Crippen molar-refractivity contribution in [1.29, 1.82) is 0 Å². The Bertz CT molecular complexity index is 658. The summed E-state index contributed by atoms with van der Waals surface area (Å²) in [4.78, 5) is 0. The summed E-state index contributed by atoms with van der Waals surface area (Å²) in [5.74, 6) is 0.543. The van der Waals surface area contributed by atoms with Gasteiger partial charge in [0.05, 0.1) is 5.69 Å². The zero-order valence-corrected chi connectivity index (χ0v) is 13.8. The van der Waals surface area contributed by atoms with Crippen molar-refractivity contribution < 1.29 is 0 Å². The number of hydrogen-bond donors (Lipinski definition) is 1. The Morgan fingerprint density at radius 2 is 1.74 bits per heavy atom. The number of azo groups is 1. The lowest BCUT2D eigenvalue weighted by molar-refractivity contribution is 0.304. The molecule has 0 aromatic heterocycles. The number of hydrogen-bond acceptors (Lipinski definition) is 3. The van der Waals surface area contributed by atoms with Crippen molar-refractivity contribution >= 4 is 11.4 Å². The van der Waals surface area contributed by atoms with Gasteiger partial charge in [-0.15, -0.1) is 0 Å². The number of nitrogens with zero attached hydrogens (tertiary/aromatic N) is 2. The van der Waals surface area contributed by atoms with Gasteiger partial charge in [0.2, 0.25) is 0 Å². The van der Waals surface area contributed by atoms with Gasteiger partial charge in [0, 0.05) is 11.3 Å². The van der Waals surface area contributed by atoms with Crippen molar-refractivity contribution in [2.24, 2.45) is 16.1 Å². The normalized spacial score (nSPS) is 17.4. The molecular weight excluding hydrogens is 282 g/mol. The molecule has 23 heavy (non-hydrogen) atoms. The first kappa shape index (κ1) is 15.7. The van der Waals surface area contributed by atoms with E-state index in [-0.39, 0.29) is 6.04 Å². The maximum absolute atomic E-state index is 6.30. The number of aryl methyl sites for hydroxylation is 1. The Morgan fingerprint density at radius 3 is 2.43 bits per heavy atom. The molecule has 1 atom stereocenters.